The molecule has 0 bridgehead atoms. The molecule has 0 spiro atoms. The molecule has 1 fully saturated rings. The van der Waals surface area contributed by atoms with Gasteiger partial charge in [-0.1, -0.05) is 26.7 Å². The maximum atomic E-state index is 6.23. The van der Waals surface area contributed by atoms with Gasteiger partial charge in [-0.25, -0.2) is 0 Å². The first kappa shape index (κ1) is 11.3. The number of halogens is 1. The molecule has 1 heterocycles. The Labute approximate surface area is 87.4 Å². The summed E-state index contributed by atoms with van der Waals surface area (Å²) in [6, 6.07) is 0. The lowest BCUT2D eigenvalue weighted by Gasteiger charge is -2.33. The van der Waals surface area contributed by atoms with E-state index in [0.29, 0.717) is 11.3 Å². The maximum absolute atomic E-state index is 6.23. The predicted octanol–water partition coefficient (Wildman–Crippen LogP) is 3.13. The van der Waals surface area contributed by atoms with Gasteiger partial charge in [0.1, 0.15) is 0 Å². The SMILES string of the molecule is CCCCCN1CCC(C)C(Cl)C1. The molecule has 2 unspecified atom stereocenters. The van der Waals surface area contributed by atoms with Crippen molar-refractivity contribution in [2.75, 3.05) is 19.6 Å². The number of piperidine rings is 1. The van der Waals surface area contributed by atoms with E-state index in [-0.39, 0.29) is 0 Å². The summed E-state index contributed by atoms with van der Waals surface area (Å²) in [5, 5.41) is 0.385. The highest BCUT2D eigenvalue weighted by Gasteiger charge is 2.23. The average Bonchev–Trinajstić information content (AvgIpc) is 2.12. The van der Waals surface area contributed by atoms with Crippen LogP contribution in [0.1, 0.15) is 39.5 Å². The van der Waals surface area contributed by atoms with Crippen molar-refractivity contribution in [3.63, 3.8) is 0 Å². The van der Waals surface area contributed by atoms with Crippen molar-refractivity contribution >= 4 is 11.6 Å². The molecule has 0 amide bonds. The van der Waals surface area contributed by atoms with Crippen molar-refractivity contribution in [2.24, 2.45) is 5.92 Å². The zero-order valence-corrected chi connectivity index (χ0v) is 9.69. The van der Waals surface area contributed by atoms with Crippen molar-refractivity contribution in [3.05, 3.63) is 0 Å². The Balaban J connectivity index is 2.14. The zero-order valence-electron chi connectivity index (χ0n) is 8.93. The van der Waals surface area contributed by atoms with E-state index in [9.17, 15) is 0 Å². The third kappa shape index (κ3) is 3.86. The summed E-state index contributed by atoms with van der Waals surface area (Å²) >= 11 is 6.23. The van der Waals surface area contributed by atoms with Crippen LogP contribution >= 0.6 is 11.6 Å². The Morgan fingerprint density at radius 2 is 2.15 bits per heavy atom. The molecule has 0 aromatic heterocycles. The van der Waals surface area contributed by atoms with E-state index in [2.05, 4.69) is 18.7 Å². The molecular weight excluding hydrogens is 182 g/mol. The van der Waals surface area contributed by atoms with Gasteiger partial charge in [0.15, 0.2) is 0 Å². The van der Waals surface area contributed by atoms with Crippen LogP contribution in [0.4, 0.5) is 0 Å². The molecule has 78 valence electrons. The molecule has 0 saturated carbocycles. The van der Waals surface area contributed by atoms with Crippen molar-refractivity contribution in [1.29, 1.82) is 0 Å². The van der Waals surface area contributed by atoms with Crippen LogP contribution in [0.15, 0.2) is 0 Å². The highest BCUT2D eigenvalue weighted by atomic mass is 35.5. The molecule has 1 aliphatic heterocycles. The zero-order chi connectivity index (χ0) is 9.68. The van der Waals surface area contributed by atoms with Gasteiger partial charge in [0.25, 0.3) is 0 Å². The minimum absolute atomic E-state index is 0.385. The van der Waals surface area contributed by atoms with Gasteiger partial charge in [0.05, 0.1) is 0 Å². The number of likely N-dealkylation sites (tertiary alicyclic amines) is 1. The van der Waals surface area contributed by atoms with Crippen molar-refractivity contribution in [1.82, 2.24) is 4.90 Å². The standard InChI is InChI=1S/C11H22ClN/c1-3-4-5-7-13-8-6-10(2)11(12)9-13/h10-11H,3-9H2,1-2H3. The van der Waals surface area contributed by atoms with Gasteiger partial charge in [-0.2, -0.15) is 0 Å². The predicted molar refractivity (Wildman–Crippen MR) is 59.4 cm³/mol. The molecule has 1 aliphatic rings. The van der Waals surface area contributed by atoms with Gasteiger partial charge in [-0.15, -0.1) is 11.6 Å². The largest absolute Gasteiger partial charge is 0.302 e. The summed E-state index contributed by atoms with van der Waals surface area (Å²) in [5.74, 6) is 0.712. The summed E-state index contributed by atoms with van der Waals surface area (Å²) in [6.07, 6.45) is 5.29. The highest BCUT2D eigenvalue weighted by molar-refractivity contribution is 6.21. The van der Waals surface area contributed by atoms with Gasteiger partial charge in [-0.3, -0.25) is 0 Å². The Morgan fingerprint density at radius 3 is 2.77 bits per heavy atom. The summed E-state index contributed by atoms with van der Waals surface area (Å²) in [6.45, 7) is 8.13. The van der Waals surface area contributed by atoms with E-state index < -0.39 is 0 Å². The van der Waals surface area contributed by atoms with Crippen LogP contribution in [0.2, 0.25) is 0 Å². The van der Waals surface area contributed by atoms with E-state index in [1.165, 1.54) is 38.8 Å². The van der Waals surface area contributed by atoms with Gasteiger partial charge in [0, 0.05) is 11.9 Å². The van der Waals surface area contributed by atoms with Gasteiger partial charge >= 0.3 is 0 Å². The van der Waals surface area contributed by atoms with Gasteiger partial charge in [-0.05, 0) is 31.8 Å². The Morgan fingerprint density at radius 1 is 1.38 bits per heavy atom. The Bertz CT molecular complexity index is 138. The van der Waals surface area contributed by atoms with Crippen LogP contribution in [-0.4, -0.2) is 29.9 Å². The number of hydrogen-bond acceptors (Lipinski definition) is 1. The second-order valence-electron chi connectivity index (χ2n) is 4.29. The monoisotopic (exact) mass is 203 g/mol. The first-order valence-electron chi connectivity index (χ1n) is 5.60. The fourth-order valence-electron chi connectivity index (χ4n) is 1.87. The molecule has 1 nitrogen and oxygen atoms in total. The van der Waals surface area contributed by atoms with E-state index in [1.54, 1.807) is 0 Å². The fourth-order valence-corrected chi connectivity index (χ4v) is 2.19. The number of rotatable bonds is 4. The molecule has 13 heavy (non-hydrogen) atoms. The normalized spacial score (nSPS) is 30.7. The van der Waals surface area contributed by atoms with Gasteiger partial charge in [0.2, 0.25) is 0 Å². The van der Waals surface area contributed by atoms with Crippen LogP contribution < -0.4 is 0 Å². The molecule has 0 aliphatic carbocycles. The summed E-state index contributed by atoms with van der Waals surface area (Å²) in [7, 11) is 0. The molecule has 0 radical (unpaired) electrons. The Kier molecular flexibility index (Phi) is 5.12. The van der Waals surface area contributed by atoms with Crippen LogP contribution in [0.5, 0.6) is 0 Å². The smallest absolute Gasteiger partial charge is 0.0489 e. The van der Waals surface area contributed by atoms with E-state index in [0.717, 1.165) is 6.54 Å². The topological polar surface area (TPSA) is 3.24 Å². The van der Waals surface area contributed by atoms with E-state index in [4.69, 9.17) is 11.6 Å². The quantitative estimate of drug-likeness (QED) is 0.501. The minimum atomic E-state index is 0.385. The van der Waals surface area contributed by atoms with Crippen molar-refractivity contribution in [2.45, 2.75) is 44.9 Å². The van der Waals surface area contributed by atoms with Crippen LogP contribution in [0.3, 0.4) is 0 Å². The maximum Gasteiger partial charge on any atom is 0.0489 e. The molecule has 1 saturated heterocycles. The lowest BCUT2D eigenvalue weighted by molar-refractivity contribution is 0.193. The van der Waals surface area contributed by atoms with E-state index >= 15 is 0 Å². The summed E-state index contributed by atoms with van der Waals surface area (Å²) in [4.78, 5) is 2.52. The van der Waals surface area contributed by atoms with Crippen LogP contribution in [0.25, 0.3) is 0 Å². The highest BCUT2D eigenvalue weighted by Crippen LogP contribution is 2.21. The molecule has 0 aromatic rings. The lowest BCUT2D eigenvalue weighted by Crippen LogP contribution is -2.40. The number of nitrogens with zero attached hydrogens (tertiary/aromatic N) is 1. The summed E-state index contributed by atoms with van der Waals surface area (Å²) < 4.78 is 0. The molecule has 2 atom stereocenters. The van der Waals surface area contributed by atoms with Crippen molar-refractivity contribution < 1.29 is 0 Å². The molecular formula is C11H22ClN. The first-order valence-corrected chi connectivity index (χ1v) is 6.04. The molecule has 1 rings (SSSR count). The lowest BCUT2D eigenvalue weighted by atomic mass is 9.98. The molecule has 0 aromatic carbocycles. The van der Waals surface area contributed by atoms with Crippen LogP contribution in [0, 0.1) is 5.92 Å². The van der Waals surface area contributed by atoms with Crippen molar-refractivity contribution in [3.8, 4) is 0 Å². The van der Waals surface area contributed by atoms with Crippen LogP contribution in [-0.2, 0) is 0 Å². The molecule has 0 N–H and O–H groups in total. The fraction of sp³-hybridized carbons (Fsp3) is 1.00. The van der Waals surface area contributed by atoms with E-state index in [1.807, 2.05) is 0 Å². The minimum Gasteiger partial charge on any atom is -0.302 e. The second kappa shape index (κ2) is 5.87. The number of hydrogen-bond donors (Lipinski definition) is 0. The third-order valence-corrected chi connectivity index (χ3v) is 3.60. The summed E-state index contributed by atoms with van der Waals surface area (Å²) in [5.41, 5.74) is 0. The third-order valence-electron chi connectivity index (χ3n) is 3.03. The second-order valence-corrected chi connectivity index (χ2v) is 4.85. The Hall–Kier alpha value is 0.250. The average molecular weight is 204 g/mol. The van der Waals surface area contributed by atoms with Gasteiger partial charge < -0.3 is 4.90 Å². The molecule has 2 heteroatoms. The first-order chi connectivity index (χ1) is 6.24. The number of alkyl halides is 1. The number of unbranched alkanes of at least 4 members (excludes halogenated alkanes) is 2.